The van der Waals surface area contributed by atoms with Gasteiger partial charge in [-0.05, 0) is 31.0 Å². The van der Waals surface area contributed by atoms with Crippen LogP contribution in [0.1, 0.15) is 12.0 Å². The Bertz CT molecular complexity index is 675. The van der Waals surface area contributed by atoms with Crippen molar-refractivity contribution in [3.63, 3.8) is 0 Å². The first-order chi connectivity index (χ1) is 9.77. The molecule has 0 saturated carbocycles. The Balaban J connectivity index is 2.34. The zero-order chi connectivity index (χ0) is 15.8. The Morgan fingerprint density at radius 3 is 2.76 bits per heavy atom. The molecule has 0 aromatic heterocycles. The van der Waals surface area contributed by atoms with Gasteiger partial charge in [-0.25, -0.2) is 8.42 Å². The van der Waals surface area contributed by atoms with Crippen LogP contribution in [0, 0.1) is 12.8 Å². The van der Waals surface area contributed by atoms with Crippen molar-refractivity contribution >= 4 is 33.3 Å². The number of ether oxygens (including phenoxy) is 1. The van der Waals surface area contributed by atoms with E-state index in [9.17, 15) is 13.2 Å². The van der Waals surface area contributed by atoms with Crippen molar-refractivity contribution in [2.45, 2.75) is 18.2 Å². The second kappa shape index (κ2) is 5.82. The van der Waals surface area contributed by atoms with Gasteiger partial charge < -0.3 is 10.5 Å². The average molecular weight is 333 g/mol. The van der Waals surface area contributed by atoms with E-state index in [-0.39, 0.29) is 23.0 Å². The lowest BCUT2D eigenvalue weighted by Gasteiger charge is -2.18. The molecule has 1 heterocycles. The van der Waals surface area contributed by atoms with E-state index in [1.54, 1.807) is 6.92 Å². The van der Waals surface area contributed by atoms with Crippen molar-refractivity contribution in [1.29, 1.82) is 0 Å². The highest BCUT2D eigenvalue weighted by atomic mass is 35.5. The number of nitrogens with two attached hydrogens (primary N) is 1. The lowest BCUT2D eigenvalue weighted by atomic mass is 10.1. The largest absolute Gasteiger partial charge is 0.469 e. The minimum atomic E-state index is -3.73. The number of sulfonamides is 1. The predicted octanol–water partition coefficient (Wildman–Crippen LogP) is 1.41. The minimum Gasteiger partial charge on any atom is -0.469 e. The van der Waals surface area contributed by atoms with Crippen LogP contribution >= 0.6 is 11.6 Å². The highest BCUT2D eigenvalue weighted by molar-refractivity contribution is 7.89. The van der Waals surface area contributed by atoms with Crippen LogP contribution in [-0.4, -0.2) is 38.9 Å². The van der Waals surface area contributed by atoms with E-state index in [4.69, 9.17) is 17.3 Å². The molecule has 1 aliphatic rings. The molecule has 0 bridgehead atoms. The zero-order valence-electron chi connectivity index (χ0n) is 11.8. The molecule has 1 aromatic carbocycles. The second-order valence-electron chi connectivity index (χ2n) is 4.99. The Labute approximate surface area is 128 Å². The summed E-state index contributed by atoms with van der Waals surface area (Å²) in [5.74, 6) is -0.823. The molecule has 1 aliphatic heterocycles. The first-order valence-corrected chi connectivity index (χ1v) is 8.22. The summed E-state index contributed by atoms with van der Waals surface area (Å²) in [5.41, 5.74) is 6.56. The topological polar surface area (TPSA) is 89.7 Å². The molecule has 0 spiro atoms. The number of benzene rings is 1. The van der Waals surface area contributed by atoms with Gasteiger partial charge in [0.2, 0.25) is 10.0 Å². The van der Waals surface area contributed by atoms with Crippen LogP contribution in [0.3, 0.4) is 0 Å². The van der Waals surface area contributed by atoms with Crippen molar-refractivity contribution < 1.29 is 17.9 Å². The first-order valence-electron chi connectivity index (χ1n) is 6.41. The third-order valence-corrected chi connectivity index (χ3v) is 5.88. The molecule has 1 fully saturated rings. The molecule has 1 aromatic rings. The van der Waals surface area contributed by atoms with Gasteiger partial charge in [0.25, 0.3) is 0 Å². The van der Waals surface area contributed by atoms with Crippen LogP contribution in [-0.2, 0) is 19.6 Å². The van der Waals surface area contributed by atoms with Gasteiger partial charge in [-0.2, -0.15) is 4.31 Å². The number of carbonyl (C=O) groups is 1. The molecule has 0 amide bonds. The van der Waals surface area contributed by atoms with Crippen molar-refractivity contribution in [3.05, 3.63) is 22.7 Å². The smallest absolute Gasteiger partial charge is 0.310 e. The van der Waals surface area contributed by atoms with Crippen molar-refractivity contribution in [3.8, 4) is 0 Å². The first kappa shape index (κ1) is 16.1. The van der Waals surface area contributed by atoms with Gasteiger partial charge in [-0.1, -0.05) is 11.6 Å². The van der Waals surface area contributed by atoms with Crippen LogP contribution in [0.5, 0.6) is 0 Å². The molecule has 2 N–H and O–H groups in total. The molecule has 21 heavy (non-hydrogen) atoms. The van der Waals surface area contributed by atoms with Crippen LogP contribution in [0.4, 0.5) is 5.69 Å². The number of halogens is 1. The molecule has 0 radical (unpaired) electrons. The van der Waals surface area contributed by atoms with Gasteiger partial charge in [0, 0.05) is 23.8 Å². The third kappa shape index (κ3) is 3.00. The molecule has 1 unspecified atom stereocenters. The standard InChI is InChI=1S/C13H17ClN2O4S/c1-8-11(15)5-10(14)6-12(8)21(18,19)16-4-3-9(7-16)13(17)20-2/h5-6,9H,3-4,7,15H2,1-2H3. The number of anilines is 1. The van der Waals surface area contributed by atoms with Gasteiger partial charge in [-0.3, -0.25) is 4.79 Å². The predicted molar refractivity (Wildman–Crippen MR) is 79.5 cm³/mol. The number of carbonyl (C=O) groups excluding carboxylic acids is 1. The summed E-state index contributed by atoms with van der Waals surface area (Å²) in [5, 5.41) is 0.264. The van der Waals surface area contributed by atoms with Gasteiger partial charge in [-0.15, -0.1) is 0 Å². The van der Waals surface area contributed by atoms with E-state index in [0.717, 1.165) is 0 Å². The summed E-state index contributed by atoms with van der Waals surface area (Å²) in [6.07, 6.45) is 0.445. The lowest BCUT2D eigenvalue weighted by molar-refractivity contribution is -0.144. The van der Waals surface area contributed by atoms with Crippen LogP contribution in [0.25, 0.3) is 0 Å². The average Bonchev–Trinajstić information content (AvgIpc) is 2.92. The summed E-state index contributed by atoms with van der Waals surface area (Å²) in [7, 11) is -2.43. The van der Waals surface area contributed by atoms with Crippen molar-refractivity contribution in [1.82, 2.24) is 4.31 Å². The number of methoxy groups -OCH3 is 1. The minimum absolute atomic E-state index is 0.0815. The molecule has 116 valence electrons. The number of nitrogens with zero attached hydrogens (tertiary/aromatic N) is 1. The quantitative estimate of drug-likeness (QED) is 0.667. The van der Waals surface area contributed by atoms with E-state index in [0.29, 0.717) is 17.7 Å². The van der Waals surface area contributed by atoms with Crippen molar-refractivity contribution in [2.75, 3.05) is 25.9 Å². The van der Waals surface area contributed by atoms with E-state index in [2.05, 4.69) is 4.74 Å². The van der Waals surface area contributed by atoms with Crippen LogP contribution in [0.15, 0.2) is 17.0 Å². The number of nitrogen functional groups attached to an aromatic ring is 1. The normalized spacial score (nSPS) is 19.7. The Kier molecular flexibility index (Phi) is 4.46. The number of hydrogen-bond acceptors (Lipinski definition) is 5. The highest BCUT2D eigenvalue weighted by Gasteiger charge is 2.37. The van der Waals surface area contributed by atoms with Crippen LogP contribution in [0.2, 0.25) is 5.02 Å². The fourth-order valence-electron chi connectivity index (χ4n) is 2.39. The van der Waals surface area contributed by atoms with E-state index >= 15 is 0 Å². The molecular weight excluding hydrogens is 316 g/mol. The van der Waals surface area contributed by atoms with E-state index < -0.39 is 21.9 Å². The van der Waals surface area contributed by atoms with E-state index in [1.807, 2.05) is 0 Å². The number of hydrogen-bond donors (Lipinski definition) is 1. The van der Waals surface area contributed by atoms with Crippen molar-refractivity contribution in [2.24, 2.45) is 5.92 Å². The number of rotatable bonds is 3. The second-order valence-corrected chi connectivity index (χ2v) is 7.33. The Hall–Kier alpha value is -1.31. The molecular formula is C13H17ClN2O4S. The summed E-state index contributed by atoms with van der Waals surface area (Å²) >= 11 is 5.90. The summed E-state index contributed by atoms with van der Waals surface area (Å²) in [4.78, 5) is 11.6. The van der Waals surface area contributed by atoms with Gasteiger partial charge >= 0.3 is 5.97 Å². The molecule has 0 aliphatic carbocycles. The monoisotopic (exact) mass is 332 g/mol. The molecule has 6 nitrogen and oxygen atoms in total. The Morgan fingerprint density at radius 2 is 2.14 bits per heavy atom. The Morgan fingerprint density at radius 1 is 1.48 bits per heavy atom. The SMILES string of the molecule is COC(=O)C1CCN(S(=O)(=O)c2cc(Cl)cc(N)c2C)C1. The maximum absolute atomic E-state index is 12.7. The van der Waals surface area contributed by atoms with Gasteiger partial charge in [0.15, 0.2) is 0 Å². The van der Waals surface area contributed by atoms with Gasteiger partial charge in [0.1, 0.15) is 0 Å². The maximum atomic E-state index is 12.7. The molecule has 2 rings (SSSR count). The zero-order valence-corrected chi connectivity index (χ0v) is 13.4. The molecule has 1 saturated heterocycles. The lowest BCUT2D eigenvalue weighted by Crippen LogP contribution is -2.31. The summed E-state index contributed by atoms with van der Waals surface area (Å²) in [6.45, 7) is 2.02. The third-order valence-electron chi connectivity index (χ3n) is 3.67. The van der Waals surface area contributed by atoms with E-state index in [1.165, 1.54) is 23.5 Å². The number of esters is 1. The summed E-state index contributed by atoms with van der Waals surface area (Å²) in [6, 6.07) is 2.89. The van der Waals surface area contributed by atoms with Crippen LogP contribution < -0.4 is 5.73 Å². The highest BCUT2D eigenvalue weighted by Crippen LogP contribution is 2.31. The fraction of sp³-hybridized carbons (Fsp3) is 0.462. The van der Waals surface area contributed by atoms with Gasteiger partial charge in [0.05, 0.1) is 17.9 Å². The molecule has 8 heteroatoms. The molecule has 1 atom stereocenters. The fourth-order valence-corrected chi connectivity index (χ4v) is 4.46. The maximum Gasteiger partial charge on any atom is 0.310 e. The summed E-state index contributed by atoms with van der Waals surface area (Å²) < 4.78 is 31.3.